The molecule has 0 radical (unpaired) electrons. The van der Waals surface area contributed by atoms with Gasteiger partial charge in [0.2, 0.25) is 5.91 Å². The van der Waals surface area contributed by atoms with E-state index in [-0.39, 0.29) is 11.8 Å². The van der Waals surface area contributed by atoms with Crippen LogP contribution in [-0.4, -0.2) is 38.1 Å². The highest BCUT2D eigenvalue weighted by Crippen LogP contribution is 2.21. The number of ether oxygens (including phenoxy) is 1. The molecular weight excluding hydrogens is 330 g/mol. The van der Waals surface area contributed by atoms with Crippen molar-refractivity contribution in [1.29, 1.82) is 0 Å². The molecule has 0 aliphatic carbocycles. The summed E-state index contributed by atoms with van der Waals surface area (Å²) in [5.41, 5.74) is 3.37. The standard InChI is InChI=1S/C20H23N3O3/c1-15(24)21-14-16-5-7-17(8-6-16)20(25)22-18-3-2-4-19(13-18)23-9-11-26-12-10-23/h2-8,13H,9-12,14H2,1H3,(H,21,24)(H,22,25). The van der Waals surface area contributed by atoms with Crippen LogP contribution in [-0.2, 0) is 16.1 Å². The van der Waals surface area contributed by atoms with Crippen molar-refractivity contribution < 1.29 is 14.3 Å². The molecule has 0 spiro atoms. The molecule has 0 atom stereocenters. The number of nitrogens with zero attached hydrogens (tertiary/aromatic N) is 1. The Hall–Kier alpha value is -2.86. The zero-order chi connectivity index (χ0) is 18.4. The highest BCUT2D eigenvalue weighted by molar-refractivity contribution is 6.04. The second kappa shape index (κ2) is 8.49. The van der Waals surface area contributed by atoms with Gasteiger partial charge in [0.15, 0.2) is 0 Å². The van der Waals surface area contributed by atoms with Gasteiger partial charge in [-0.1, -0.05) is 18.2 Å². The second-order valence-electron chi connectivity index (χ2n) is 6.21. The zero-order valence-electron chi connectivity index (χ0n) is 14.8. The Kier molecular flexibility index (Phi) is 5.86. The Morgan fingerprint density at radius 2 is 1.81 bits per heavy atom. The van der Waals surface area contributed by atoms with Crippen molar-refractivity contribution in [1.82, 2.24) is 5.32 Å². The van der Waals surface area contributed by atoms with Crippen LogP contribution in [0.4, 0.5) is 11.4 Å². The lowest BCUT2D eigenvalue weighted by Crippen LogP contribution is -2.36. The van der Waals surface area contributed by atoms with Crippen LogP contribution < -0.4 is 15.5 Å². The van der Waals surface area contributed by atoms with Gasteiger partial charge in [-0.2, -0.15) is 0 Å². The van der Waals surface area contributed by atoms with Crippen LogP contribution in [0.5, 0.6) is 0 Å². The highest BCUT2D eigenvalue weighted by atomic mass is 16.5. The summed E-state index contributed by atoms with van der Waals surface area (Å²) in [6.45, 7) is 5.09. The molecule has 3 rings (SSSR count). The number of hydrogen-bond donors (Lipinski definition) is 2. The fourth-order valence-electron chi connectivity index (χ4n) is 2.81. The molecule has 0 bridgehead atoms. The number of rotatable bonds is 5. The topological polar surface area (TPSA) is 70.7 Å². The molecule has 1 aliphatic rings. The fourth-order valence-corrected chi connectivity index (χ4v) is 2.81. The maximum atomic E-state index is 12.5. The lowest BCUT2D eigenvalue weighted by molar-refractivity contribution is -0.119. The average molecular weight is 353 g/mol. The van der Waals surface area contributed by atoms with Crippen molar-refractivity contribution >= 4 is 23.2 Å². The molecule has 2 aromatic carbocycles. The number of carbonyl (C=O) groups excluding carboxylic acids is 2. The monoisotopic (exact) mass is 353 g/mol. The number of anilines is 2. The summed E-state index contributed by atoms with van der Waals surface area (Å²) in [4.78, 5) is 25.7. The third kappa shape index (κ3) is 4.83. The predicted octanol–water partition coefficient (Wildman–Crippen LogP) is 2.41. The van der Waals surface area contributed by atoms with E-state index in [1.807, 2.05) is 36.4 Å². The number of hydrogen-bond acceptors (Lipinski definition) is 4. The van der Waals surface area contributed by atoms with Crippen LogP contribution in [0.1, 0.15) is 22.8 Å². The SMILES string of the molecule is CC(=O)NCc1ccc(C(=O)Nc2cccc(N3CCOCC3)c2)cc1. The fraction of sp³-hybridized carbons (Fsp3) is 0.300. The van der Waals surface area contributed by atoms with Gasteiger partial charge in [-0.25, -0.2) is 0 Å². The summed E-state index contributed by atoms with van der Waals surface area (Å²) in [6, 6.07) is 15.1. The first kappa shape index (κ1) is 17.9. The van der Waals surface area contributed by atoms with E-state index in [0.717, 1.165) is 43.2 Å². The maximum Gasteiger partial charge on any atom is 0.255 e. The molecule has 0 unspecified atom stereocenters. The van der Waals surface area contributed by atoms with Crippen LogP contribution >= 0.6 is 0 Å². The minimum Gasteiger partial charge on any atom is -0.378 e. The Balaban J connectivity index is 1.63. The van der Waals surface area contributed by atoms with Crippen LogP contribution in [0.25, 0.3) is 0 Å². The summed E-state index contributed by atoms with van der Waals surface area (Å²) in [5, 5.41) is 5.68. The molecule has 2 amide bonds. The third-order valence-electron chi connectivity index (χ3n) is 4.24. The zero-order valence-corrected chi connectivity index (χ0v) is 14.8. The van der Waals surface area contributed by atoms with Crippen molar-refractivity contribution in [3.05, 3.63) is 59.7 Å². The molecule has 6 heteroatoms. The van der Waals surface area contributed by atoms with Gasteiger partial charge >= 0.3 is 0 Å². The van der Waals surface area contributed by atoms with Gasteiger partial charge in [-0.05, 0) is 35.9 Å². The first-order valence-electron chi connectivity index (χ1n) is 8.69. The minimum atomic E-state index is -0.157. The summed E-state index contributed by atoms with van der Waals surface area (Å²) in [6.07, 6.45) is 0. The quantitative estimate of drug-likeness (QED) is 0.866. The molecule has 26 heavy (non-hydrogen) atoms. The van der Waals surface area contributed by atoms with E-state index in [1.54, 1.807) is 12.1 Å². The summed E-state index contributed by atoms with van der Waals surface area (Å²) >= 11 is 0. The molecular formula is C20H23N3O3. The minimum absolute atomic E-state index is 0.0769. The highest BCUT2D eigenvalue weighted by Gasteiger charge is 2.12. The van der Waals surface area contributed by atoms with E-state index in [1.165, 1.54) is 6.92 Å². The van der Waals surface area contributed by atoms with E-state index < -0.39 is 0 Å². The Labute approximate surface area is 153 Å². The largest absolute Gasteiger partial charge is 0.378 e. The maximum absolute atomic E-state index is 12.5. The van der Waals surface area contributed by atoms with Crippen molar-refractivity contribution in [2.45, 2.75) is 13.5 Å². The smallest absolute Gasteiger partial charge is 0.255 e. The average Bonchev–Trinajstić information content (AvgIpc) is 2.67. The molecule has 1 heterocycles. The number of nitrogens with one attached hydrogen (secondary N) is 2. The summed E-state index contributed by atoms with van der Waals surface area (Å²) < 4.78 is 5.38. The van der Waals surface area contributed by atoms with Crippen molar-refractivity contribution in [3.8, 4) is 0 Å². The van der Waals surface area contributed by atoms with Gasteiger partial charge < -0.3 is 20.3 Å². The van der Waals surface area contributed by atoms with E-state index in [0.29, 0.717) is 12.1 Å². The van der Waals surface area contributed by atoms with Gasteiger partial charge in [0.1, 0.15) is 0 Å². The number of morpholine rings is 1. The summed E-state index contributed by atoms with van der Waals surface area (Å²) in [5.74, 6) is -0.234. The van der Waals surface area contributed by atoms with Crippen molar-refractivity contribution in [3.63, 3.8) is 0 Å². The van der Waals surface area contributed by atoms with Crippen molar-refractivity contribution in [2.24, 2.45) is 0 Å². The molecule has 2 aromatic rings. The lowest BCUT2D eigenvalue weighted by atomic mass is 10.1. The second-order valence-corrected chi connectivity index (χ2v) is 6.21. The van der Waals surface area contributed by atoms with Crippen LogP contribution in [0.3, 0.4) is 0 Å². The Morgan fingerprint density at radius 1 is 1.08 bits per heavy atom. The van der Waals surface area contributed by atoms with E-state index in [2.05, 4.69) is 15.5 Å². The molecule has 136 valence electrons. The summed E-state index contributed by atoms with van der Waals surface area (Å²) in [7, 11) is 0. The Bertz CT molecular complexity index is 768. The molecule has 2 N–H and O–H groups in total. The van der Waals surface area contributed by atoms with Gasteiger partial charge in [-0.15, -0.1) is 0 Å². The molecule has 0 saturated carbocycles. The van der Waals surface area contributed by atoms with E-state index in [4.69, 9.17) is 4.74 Å². The first-order chi connectivity index (χ1) is 12.6. The first-order valence-corrected chi connectivity index (χ1v) is 8.69. The third-order valence-corrected chi connectivity index (χ3v) is 4.24. The predicted molar refractivity (Wildman–Crippen MR) is 101 cm³/mol. The Morgan fingerprint density at radius 3 is 2.50 bits per heavy atom. The molecule has 0 aromatic heterocycles. The number of amides is 2. The molecule has 6 nitrogen and oxygen atoms in total. The lowest BCUT2D eigenvalue weighted by Gasteiger charge is -2.29. The van der Waals surface area contributed by atoms with Gasteiger partial charge in [0.25, 0.3) is 5.91 Å². The van der Waals surface area contributed by atoms with Crippen LogP contribution in [0.2, 0.25) is 0 Å². The number of carbonyl (C=O) groups is 2. The van der Waals surface area contributed by atoms with E-state index >= 15 is 0 Å². The van der Waals surface area contributed by atoms with Gasteiger partial charge in [-0.3, -0.25) is 9.59 Å². The normalized spacial score (nSPS) is 14.0. The van der Waals surface area contributed by atoms with Gasteiger partial charge in [0.05, 0.1) is 13.2 Å². The number of benzene rings is 2. The van der Waals surface area contributed by atoms with Gasteiger partial charge in [0, 0.05) is 43.5 Å². The van der Waals surface area contributed by atoms with Crippen molar-refractivity contribution in [2.75, 3.05) is 36.5 Å². The molecule has 1 saturated heterocycles. The molecule has 1 aliphatic heterocycles. The van der Waals surface area contributed by atoms with Crippen LogP contribution in [0.15, 0.2) is 48.5 Å². The van der Waals surface area contributed by atoms with E-state index in [9.17, 15) is 9.59 Å². The molecule has 1 fully saturated rings. The van der Waals surface area contributed by atoms with Crippen LogP contribution in [0, 0.1) is 0 Å².